The number of methoxy groups -OCH3 is 1. The van der Waals surface area contributed by atoms with Crippen LogP contribution in [0.5, 0.6) is 5.75 Å². The Kier molecular flexibility index (Phi) is 3.52. The molecule has 82 valence electrons. The van der Waals surface area contributed by atoms with E-state index in [1.54, 1.807) is 7.11 Å². The van der Waals surface area contributed by atoms with Crippen LogP contribution < -0.4 is 10.1 Å². The molecule has 1 N–H and O–H groups in total. The lowest BCUT2D eigenvalue weighted by Crippen LogP contribution is -2.14. The van der Waals surface area contributed by atoms with Gasteiger partial charge in [0.1, 0.15) is 5.75 Å². The van der Waals surface area contributed by atoms with E-state index in [4.69, 9.17) is 4.74 Å². The zero-order valence-corrected chi connectivity index (χ0v) is 10.5. The van der Waals surface area contributed by atoms with Crippen LogP contribution in [0.15, 0.2) is 22.7 Å². The van der Waals surface area contributed by atoms with Crippen LogP contribution in [0.25, 0.3) is 0 Å². The van der Waals surface area contributed by atoms with E-state index in [-0.39, 0.29) is 0 Å². The lowest BCUT2D eigenvalue weighted by atomic mass is 10.2. The molecule has 1 aromatic carbocycles. The van der Waals surface area contributed by atoms with Gasteiger partial charge in [-0.3, -0.25) is 0 Å². The smallest absolute Gasteiger partial charge is 0.133 e. The van der Waals surface area contributed by atoms with Gasteiger partial charge in [-0.05, 0) is 47.0 Å². The van der Waals surface area contributed by atoms with Crippen LogP contribution in [-0.4, -0.2) is 13.2 Å². The molecule has 0 bridgehead atoms. The number of anilines is 1. The van der Waals surface area contributed by atoms with E-state index in [2.05, 4.69) is 33.4 Å². The maximum atomic E-state index is 5.20. The van der Waals surface area contributed by atoms with Crippen LogP contribution in [0, 0.1) is 0 Å². The first kappa shape index (κ1) is 10.8. The maximum Gasteiger partial charge on any atom is 0.133 e. The van der Waals surface area contributed by atoms with Crippen molar-refractivity contribution >= 4 is 21.6 Å². The van der Waals surface area contributed by atoms with Gasteiger partial charge in [0, 0.05) is 11.7 Å². The van der Waals surface area contributed by atoms with Gasteiger partial charge < -0.3 is 10.1 Å². The van der Waals surface area contributed by atoms with Crippen molar-refractivity contribution in [2.24, 2.45) is 0 Å². The van der Waals surface area contributed by atoms with Gasteiger partial charge in [-0.25, -0.2) is 0 Å². The fourth-order valence-electron chi connectivity index (χ4n) is 2.06. The normalized spacial score (nSPS) is 16.7. The highest BCUT2D eigenvalue weighted by Crippen LogP contribution is 2.29. The average Bonchev–Trinajstić information content (AvgIpc) is 2.71. The second-order valence-corrected chi connectivity index (χ2v) is 4.83. The average molecular weight is 270 g/mol. The molecular weight excluding hydrogens is 254 g/mol. The fourth-order valence-corrected chi connectivity index (χ4v) is 2.60. The second-order valence-electron chi connectivity index (χ2n) is 3.98. The molecule has 1 aliphatic carbocycles. The molecule has 1 saturated carbocycles. The molecule has 0 unspecified atom stereocenters. The molecule has 0 heterocycles. The van der Waals surface area contributed by atoms with E-state index in [1.165, 1.54) is 31.4 Å². The Labute approximate surface area is 99.1 Å². The zero-order valence-electron chi connectivity index (χ0n) is 8.92. The summed E-state index contributed by atoms with van der Waals surface area (Å²) in [6, 6.07) is 6.80. The van der Waals surface area contributed by atoms with Crippen molar-refractivity contribution in [2.45, 2.75) is 31.7 Å². The summed E-state index contributed by atoms with van der Waals surface area (Å²) < 4.78 is 6.20. The van der Waals surface area contributed by atoms with Crippen LogP contribution >= 0.6 is 15.9 Å². The van der Waals surface area contributed by atoms with Crippen molar-refractivity contribution in [3.05, 3.63) is 22.7 Å². The summed E-state index contributed by atoms with van der Waals surface area (Å²) in [5.74, 6) is 0.881. The molecule has 2 nitrogen and oxygen atoms in total. The van der Waals surface area contributed by atoms with Crippen LogP contribution in [0.3, 0.4) is 0 Å². The Morgan fingerprint density at radius 3 is 2.67 bits per heavy atom. The van der Waals surface area contributed by atoms with Crippen LogP contribution in [-0.2, 0) is 0 Å². The minimum atomic E-state index is 0.658. The Morgan fingerprint density at radius 2 is 2.07 bits per heavy atom. The van der Waals surface area contributed by atoms with Crippen molar-refractivity contribution in [3.63, 3.8) is 0 Å². The Bertz CT molecular complexity index is 334. The van der Waals surface area contributed by atoms with E-state index in [0.29, 0.717) is 6.04 Å². The standard InChI is InChI=1S/C12H16BrNO/c1-15-12-7-6-10(8-11(12)13)14-9-4-2-3-5-9/h6-9,14H,2-5H2,1H3. The topological polar surface area (TPSA) is 21.3 Å². The van der Waals surface area contributed by atoms with Gasteiger partial charge in [0.05, 0.1) is 11.6 Å². The van der Waals surface area contributed by atoms with Gasteiger partial charge in [0.25, 0.3) is 0 Å². The predicted octanol–water partition coefficient (Wildman–Crippen LogP) is 3.81. The van der Waals surface area contributed by atoms with Gasteiger partial charge in [0.15, 0.2) is 0 Å². The summed E-state index contributed by atoms with van der Waals surface area (Å²) in [5, 5.41) is 3.55. The molecule has 1 fully saturated rings. The maximum absolute atomic E-state index is 5.20. The summed E-state index contributed by atoms with van der Waals surface area (Å²) >= 11 is 3.49. The lowest BCUT2D eigenvalue weighted by molar-refractivity contribution is 0.412. The van der Waals surface area contributed by atoms with E-state index < -0.39 is 0 Å². The monoisotopic (exact) mass is 269 g/mol. The van der Waals surface area contributed by atoms with E-state index in [0.717, 1.165) is 10.2 Å². The summed E-state index contributed by atoms with van der Waals surface area (Å²) in [6.45, 7) is 0. The first-order valence-electron chi connectivity index (χ1n) is 5.39. The molecule has 15 heavy (non-hydrogen) atoms. The highest BCUT2D eigenvalue weighted by Gasteiger charge is 2.14. The number of nitrogens with one attached hydrogen (secondary N) is 1. The summed E-state index contributed by atoms with van der Waals surface area (Å²) in [6.07, 6.45) is 5.30. The molecule has 2 rings (SSSR count). The predicted molar refractivity (Wildman–Crippen MR) is 66.6 cm³/mol. The third-order valence-electron chi connectivity index (χ3n) is 2.88. The highest BCUT2D eigenvalue weighted by molar-refractivity contribution is 9.10. The van der Waals surface area contributed by atoms with Crippen LogP contribution in [0.2, 0.25) is 0 Å². The van der Waals surface area contributed by atoms with Crippen molar-refractivity contribution in [1.82, 2.24) is 0 Å². The van der Waals surface area contributed by atoms with Crippen LogP contribution in [0.1, 0.15) is 25.7 Å². The molecule has 1 aromatic rings. The SMILES string of the molecule is COc1ccc(NC2CCCC2)cc1Br. The Balaban J connectivity index is 2.05. The molecule has 0 spiro atoms. The fraction of sp³-hybridized carbons (Fsp3) is 0.500. The van der Waals surface area contributed by atoms with Gasteiger partial charge in [-0.15, -0.1) is 0 Å². The first-order chi connectivity index (χ1) is 7.29. The van der Waals surface area contributed by atoms with Gasteiger partial charge >= 0.3 is 0 Å². The van der Waals surface area contributed by atoms with Crippen molar-refractivity contribution in [1.29, 1.82) is 0 Å². The molecule has 3 heteroatoms. The number of hydrogen-bond acceptors (Lipinski definition) is 2. The molecule has 0 aromatic heterocycles. The highest BCUT2D eigenvalue weighted by atomic mass is 79.9. The number of rotatable bonds is 3. The lowest BCUT2D eigenvalue weighted by Gasteiger charge is -2.14. The second kappa shape index (κ2) is 4.88. The molecule has 0 atom stereocenters. The summed E-state index contributed by atoms with van der Waals surface area (Å²) in [4.78, 5) is 0. The van der Waals surface area contributed by atoms with Gasteiger partial charge in [0.2, 0.25) is 0 Å². The van der Waals surface area contributed by atoms with Crippen molar-refractivity contribution in [2.75, 3.05) is 12.4 Å². The van der Waals surface area contributed by atoms with Crippen LogP contribution in [0.4, 0.5) is 5.69 Å². The third kappa shape index (κ3) is 2.65. The third-order valence-corrected chi connectivity index (χ3v) is 3.50. The molecule has 0 amide bonds. The van der Waals surface area contributed by atoms with Crippen molar-refractivity contribution in [3.8, 4) is 5.75 Å². The molecular formula is C12H16BrNO. The minimum Gasteiger partial charge on any atom is -0.496 e. The number of ether oxygens (including phenoxy) is 1. The first-order valence-corrected chi connectivity index (χ1v) is 6.19. The van der Waals surface area contributed by atoms with Crippen molar-refractivity contribution < 1.29 is 4.74 Å². The molecule has 0 aliphatic heterocycles. The molecule has 0 radical (unpaired) electrons. The largest absolute Gasteiger partial charge is 0.496 e. The number of halogens is 1. The van der Waals surface area contributed by atoms with Gasteiger partial charge in [-0.2, -0.15) is 0 Å². The molecule has 0 saturated heterocycles. The van der Waals surface area contributed by atoms with E-state index in [1.807, 2.05) is 6.07 Å². The van der Waals surface area contributed by atoms with Gasteiger partial charge in [-0.1, -0.05) is 12.8 Å². The quantitative estimate of drug-likeness (QED) is 0.901. The zero-order chi connectivity index (χ0) is 10.7. The molecule has 1 aliphatic rings. The Morgan fingerprint density at radius 1 is 1.33 bits per heavy atom. The van der Waals surface area contributed by atoms with E-state index >= 15 is 0 Å². The summed E-state index contributed by atoms with van der Waals surface area (Å²) in [7, 11) is 1.68. The Hall–Kier alpha value is -0.700. The van der Waals surface area contributed by atoms with E-state index in [9.17, 15) is 0 Å². The number of benzene rings is 1. The number of hydrogen-bond donors (Lipinski definition) is 1. The summed E-state index contributed by atoms with van der Waals surface area (Å²) in [5.41, 5.74) is 1.18. The minimum absolute atomic E-state index is 0.658.